The van der Waals surface area contributed by atoms with E-state index < -0.39 is 0 Å². The lowest BCUT2D eigenvalue weighted by Crippen LogP contribution is -2.55. The Kier molecular flexibility index (Phi) is 5.17. The zero-order valence-corrected chi connectivity index (χ0v) is 13.2. The topological polar surface area (TPSA) is 42.1 Å². The summed E-state index contributed by atoms with van der Waals surface area (Å²) in [6.07, 6.45) is 5.11. The van der Waals surface area contributed by atoms with Crippen LogP contribution in [-0.4, -0.2) is 28.5 Å². The summed E-state index contributed by atoms with van der Waals surface area (Å²) in [5, 5.41) is 0. The van der Waals surface area contributed by atoms with Gasteiger partial charge in [0.25, 0.3) is 0 Å². The van der Waals surface area contributed by atoms with E-state index in [-0.39, 0.29) is 5.54 Å². The average molecular weight is 275 g/mol. The van der Waals surface area contributed by atoms with Crippen LogP contribution < -0.4 is 5.73 Å². The lowest BCUT2D eigenvalue weighted by molar-refractivity contribution is 0.0519. The van der Waals surface area contributed by atoms with Crippen molar-refractivity contribution in [3.63, 3.8) is 0 Å². The average Bonchev–Trinajstić information content (AvgIpc) is 2.88. The molecule has 20 heavy (non-hydrogen) atoms. The third-order valence-electron chi connectivity index (χ3n) is 5.08. The smallest absolute Gasteiger partial charge is 0.0547 e. The molecule has 0 aromatic carbocycles. The Morgan fingerprint density at radius 3 is 2.80 bits per heavy atom. The van der Waals surface area contributed by atoms with Gasteiger partial charge in [0, 0.05) is 24.3 Å². The molecule has 0 spiro atoms. The summed E-state index contributed by atoms with van der Waals surface area (Å²) in [5.74, 6) is 0.734. The van der Waals surface area contributed by atoms with E-state index in [1.165, 1.54) is 31.4 Å². The molecule has 0 bridgehead atoms. The van der Waals surface area contributed by atoms with Crippen molar-refractivity contribution in [2.45, 2.75) is 58.5 Å². The van der Waals surface area contributed by atoms with Crippen molar-refractivity contribution in [1.29, 1.82) is 0 Å². The van der Waals surface area contributed by atoms with E-state index in [9.17, 15) is 0 Å². The molecule has 1 aromatic heterocycles. The molecule has 1 fully saturated rings. The summed E-state index contributed by atoms with van der Waals surface area (Å²) >= 11 is 0. The molecule has 1 aromatic rings. The Morgan fingerprint density at radius 2 is 2.20 bits per heavy atom. The van der Waals surface area contributed by atoms with Crippen LogP contribution in [0.3, 0.4) is 0 Å². The summed E-state index contributed by atoms with van der Waals surface area (Å²) in [5.41, 5.74) is 8.69. The lowest BCUT2D eigenvalue weighted by atomic mass is 9.83. The fourth-order valence-corrected chi connectivity index (χ4v) is 3.99. The molecule has 0 amide bonds. The lowest BCUT2D eigenvalue weighted by Gasteiger charge is -2.44. The molecule has 3 nitrogen and oxygen atoms in total. The van der Waals surface area contributed by atoms with E-state index in [0.29, 0.717) is 0 Å². The first kappa shape index (κ1) is 15.5. The summed E-state index contributed by atoms with van der Waals surface area (Å²) in [6.45, 7) is 9.35. The zero-order valence-electron chi connectivity index (χ0n) is 13.2. The Bertz CT molecular complexity index is 432. The third-order valence-corrected chi connectivity index (χ3v) is 5.08. The highest BCUT2D eigenvalue weighted by Crippen LogP contribution is 2.42. The van der Waals surface area contributed by atoms with Crippen LogP contribution in [0.4, 0.5) is 0 Å². The fraction of sp³-hybridized carbons (Fsp3) is 0.706. The van der Waals surface area contributed by atoms with Gasteiger partial charge in [0.05, 0.1) is 5.69 Å². The van der Waals surface area contributed by atoms with Gasteiger partial charge in [-0.2, -0.15) is 0 Å². The van der Waals surface area contributed by atoms with Crippen molar-refractivity contribution in [2.75, 3.05) is 13.1 Å². The summed E-state index contributed by atoms with van der Waals surface area (Å²) in [7, 11) is 0. The minimum Gasteiger partial charge on any atom is -0.329 e. The van der Waals surface area contributed by atoms with Crippen LogP contribution in [0.1, 0.15) is 50.9 Å². The molecule has 1 aliphatic carbocycles. The van der Waals surface area contributed by atoms with Crippen molar-refractivity contribution < 1.29 is 0 Å². The van der Waals surface area contributed by atoms with Crippen molar-refractivity contribution in [2.24, 2.45) is 11.7 Å². The SMILES string of the molecule is CCC1CCCC1(CN)N(CC)Cc1cccc(C)n1. The first-order valence-corrected chi connectivity index (χ1v) is 8.04. The molecular formula is C17H29N3. The molecule has 1 aliphatic rings. The van der Waals surface area contributed by atoms with Gasteiger partial charge in [-0.1, -0.05) is 32.8 Å². The van der Waals surface area contributed by atoms with Gasteiger partial charge in [-0.05, 0) is 44.4 Å². The highest BCUT2D eigenvalue weighted by atomic mass is 15.2. The van der Waals surface area contributed by atoms with Crippen LogP contribution in [0.25, 0.3) is 0 Å². The number of aryl methyl sites for hydroxylation is 1. The minimum absolute atomic E-state index is 0.189. The summed E-state index contributed by atoms with van der Waals surface area (Å²) in [6, 6.07) is 6.30. The second-order valence-corrected chi connectivity index (χ2v) is 6.09. The monoisotopic (exact) mass is 275 g/mol. The van der Waals surface area contributed by atoms with Gasteiger partial charge in [-0.25, -0.2) is 0 Å². The van der Waals surface area contributed by atoms with Gasteiger partial charge in [-0.15, -0.1) is 0 Å². The van der Waals surface area contributed by atoms with Gasteiger partial charge < -0.3 is 5.73 Å². The molecule has 0 saturated heterocycles. The molecule has 2 rings (SSSR count). The van der Waals surface area contributed by atoms with Crippen LogP contribution in [0.15, 0.2) is 18.2 Å². The maximum Gasteiger partial charge on any atom is 0.0547 e. The van der Waals surface area contributed by atoms with Gasteiger partial charge in [-0.3, -0.25) is 9.88 Å². The van der Waals surface area contributed by atoms with Crippen LogP contribution in [-0.2, 0) is 6.54 Å². The highest BCUT2D eigenvalue weighted by molar-refractivity contribution is 5.11. The predicted molar refractivity (Wildman–Crippen MR) is 84.5 cm³/mol. The molecule has 1 saturated carbocycles. The van der Waals surface area contributed by atoms with E-state index in [4.69, 9.17) is 5.73 Å². The molecule has 3 heteroatoms. The largest absolute Gasteiger partial charge is 0.329 e. The van der Waals surface area contributed by atoms with E-state index in [1.807, 2.05) is 0 Å². The Balaban J connectivity index is 2.21. The zero-order chi connectivity index (χ0) is 14.6. The molecule has 2 N–H and O–H groups in total. The third kappa shape index (κ3) is 2.89. The van der Waals surface area contributed by atoms with Crippen molar-refractivity contribution >= 4 is 0 Å². The fourth-order valence-electron chi connectivity index (χ4n) is 3.99. The number of aromatic nitrogens is 1. The number of rotatable bonds is 6. The van der Waals surface area contributed by atoms with E-state index in [0.717, 1.165) is 31.2 Å². The van der Waals surface area contributed by atoms with Crippen molar-refractivity contribution in [1.82, 2.24) is 9.88 Å². The number of hydrogen-bond donors (Lipinski definition) is 1. The standard InChI is InChI=1S/C17H29N3/c1-4-15-9-7-11-17(15,13-18)20(5-2)12-16-10-6-8-14(3)19-16/h6,8,10,15H,4-5,7,9,11-13,18H2,1-3H3. The Hall–Kier alpha value is -0.930. The molecule has 0 aliphatic heterocycles. The maximum atomic E-state index is 6.23. The quantitative estimate of drug-likeness (QED) is 0.867. The summed E-state index contributed by atoms with van der Waals surface area (Å²) < 4.78 is 0. The number of pyridine rings is 1. The molecule has 0 radical (unpaired) electrons. The van der Waals surface area contributed by atoms with Crippen LogP contribution in [0, 0.1) is 12.8 Å². The van der Waals surface area contributed by atoms with Crippen molar-refractivity contribution in [3.05, 3.63) is 29.6 Å². The van der Waals surface area contributed by atoms with E-state index >= 15 is 0 Å². The first-order valence-electron chi connectivity index (χ1n) is 8.04. The normalized spacial score (nSPS) is 26.4. The highest BCUT2D eigenvalue weighted by Gasteiger charge is 2.44. The molecular weight excluding hydrogens is 246 g/mol. The van der Waals surface area contributed by atoms with Gasteiger partial charge in [0.1, 0.15) is 0 Å². The van der Waals surface area contributed by atoms with E-state index in [2.05, 4.69) is 48.9 Å². The maximum absolute atomic E-state index is 6.23. The van der Waals surface area contributed by atoms with E-state index in [1.54, 1.807) is 0 Å². The van der Waals surface area contributed by atoms with Gasteiger partial charge in [0.2, 0.25) is 0 Å². The summed E-state index contributed by atoms with van der Waals surface area (Å²) in [4.78, 5) is 7.25. The first-order chi connectivity index (χ1) is 9.66. The molecule has 1 heterocycles. The molecule has 2 unspecified atom stereocenters. The van der Waals surface area contributed by atoms with Crippen LogP contribution in [0.5, 0.6) is 0 Å². The molecule has 2 atom stereocenters. The van der Waals surface area contributed by atoms with Gasteiger partial charge >= 0.3 is 0 Å². The van der Waals surface area contributed by atoms with Crippen molar-refractivity contribution in [3.8, 4) is 0 Å². The number of hydrogen-bond acceptors (Lipinski definition) is 3. The number of nitrogens with zero attached hydrogens (tertiary/aromatic N) is 2. The second-order valence-electron chi connectivity index (χ2n) is 6.09. The Labute approximate surface area is 123 Å². The van der Waals surface area contributed by atoms with Gasteiger partial charge in [0.15, 0.2) is 0 Å². The minimum atomic E-state index is 0.189. The van der Waals surface area contributed by atoms with Crippen LogP contribution >= 0.6 is 0 Å². The van der Waals surface area contributed by atoms with Crippen LogP contribution in [0.2, 0.25) is 0 Å². The second kappa shape index (κ2) is 6.68. The Morgan fingerprint density at radius 1 is 1.40 bits per heavy atom. The molecule has 112 valence electrons. The predicted octanol–water partition coefficient (Wildman–Crippen LogP) is 3.12. The number of likely N-dealkylation sites (N-methyl/N-ethyl adjacent to an activating group) is 1. The number of nitrogens with two attached hydrogens (primary N) is 1.